The number of hydrogen-bond donors (Lipinski definition) is 1. The van der Waals surface area contributed by atoms with Gasteiger partial charge in [0, 0.05) is 18.7 Å². The van der Waals surface area contributed by atoms with Gasteiger partial charge in [-0.2, -0.15) is 0 Å². The van der Waals surface area contributed by atoms with Crippen LogP contribution in [0.1, 0.15) is 38.0 Å². The highest BCUT2D eigenvalue weighted by Crippen LogP contribution is 2.18. The van der Waals surface area contributed by atoms with Crippen molar-refractivity contribution in [1.29, 1.82) is 0 Å². The lowest BCUT2D eigenvalue weighted by atomic mass is 9.97. The second kappa shape index (κ2) is 5.51. The second-order valence-electron chi connectivity index (χ2n) is 4.61. The van der Waals surface area contributed by atoms with Crippen LogP contribution in [0.25, 0.3) is 0 Å². The molecule has 92 valence electrons. The predicted molar refractivity (Wildman–Crippen MR) is 65.3 cm³/mol. The van der Waals surface area contributed by atoms with Crippen LogP contribution in [0.15, 0.2) is 16.7 Å². The highest BCUT2D eigenvalue weighted by molar-refractivity contribution is 5.15. The van der Waals surface area contributed by atoms with Crippen molar-refractivity contribution < 1.29 is 9.52 Å². The highest BCUT2D eigenvalue weighted by atomic mass is 16.3. The first-order valence-electron chi connectivity index (χ1n) is 5.94. The van der Waals surface area contributed by atoms with Crippen LogP contribution >= 0.6 is 0 Å². The van der Waals surface area contributed by atoms with E-state index in [0.717, 1.165) is 25.1 Å². The maximum Gasteiger partial charge on any atom is 0.105 e. The average Bonchev–Trinajstić information content (AvgIpc) is 2.64. The molecule has 0 radical (unpaired) electrons. The number of aliphatic hydroxyl groups is 1. The van der Waals surface area contributed by atoms with E-state index in [1.807, 2.05) is 33.9 Å². The average molecular weight is 225 g/mol. The summed E-state index contributed by atoms with van der Waals surface area (Å²) in [6.07, 6.45) is 3.29. The number of nitrogens with zero attached hydrogens (tertiary/aromatic N) is 1. The van der Waals surface area contributed by atoms with Gasteiger partial charge in [-0.05, 0) is 32.9 Å². The minimum Gasteiger partial charge on any atom is -0.469 e. The summed E-state index contributed by atoms with van der Waals surface area (Å²) < 4.78 is 5.26. The molecule has 1 N–H and O–H groups in total. The lowest BCUT2D eigenvalue weighted by Crippen LogP contribution is -2.40. The first-order valence-corrected chi connectivity index (χ1v) is 5.94. The van der Waals surface area contributed by atoms with Crippen LogP contribution in [0.3, 0.4) is 0 Å². The molecule has 16 heavy (non-hydrogen) atoms. The van der Waals surface area contributed by atoms with Crippen molar-refractivity contribution in [3.8, 4) is 0 Å². The quantitative estimate of drug-likeness (QED) is 0.808. The first-order chi connectivity index (χ1) is 7.50. The van der Waals surface area contributed by atoms with E-state index in [2.05, 4.69) is 4.90 Å². The molecule has 0 saturated heterocycles. The molecule has 0 aliphatic rings. The van der Waals surface area contributed by atoms with Gasteiger partial charge in [-0.3, -0.25) is 4.90 Å². The third kappa shape index (κ3) is 3.35. The molecule has 0 atom stereocenters. The Hall–Kier alpha value is -0.800. The van der Waals surface area contributed by atoms with Crippen molar-refractivity contribution in [3.63, 3.8) is 0 Å². The molecule has 0 saturated carbocycles. The minimum atomic E-state index is -0.563. The number of furan rings is 1. The normalized spacial score (nSPS) is 12.4. The van der Waals surface area contributed by atoms with Crippen molar-refractivity contribution in [3.05, 3.63) is 23.7 Å². The fourth-order valence-corrected chi connectivity index (χ4v) is 1.90. The van der Waals surface area contributed by atoms with E-state index in [4.69, 9.17) is 4.42 Å². The Bertz CT molecular complexity index is 315. The summed E-state index contributed by atoms with van der Waals surface area (Å²) in [5.74, 6) is 0.961. The van der Waals surface area contributed by atoms with Crippen molar-refractivity contribution in [2.24, 2.45) is 0 Å². The lowest BCUT2D eigenvalue weighted by molar-refractivity contribution is 0.00122. The Kier molecular flexibility index (Phi) is 4.56. The molecular weight excluding hydrogens is 202 g/mol. The van der Waals surface area contributed by atoms with Gasteiger partial charge in [0.2, 0.25) is 0 Å². The van der Waals surface area contributed by atoms with Crippen LogP contribution in [0.5, 0.6) is 0 Å². The summed E-state index contributed by atoms with van der Waals surface area (Å²) >= 11 is 0. The van der Waals surface area contributed by atoms with Gasteiger partial charge in [-0.1, -0.05) is 13.8 Å². The molecule has 0 bridgehead atoms. The standard InChI is InChI=1S/C13H23NO2/c1-5-13(15,6-2)10-14(4)9-12-7-8-16-11(12)3/h7-8,15H,5-6,9-10H2,1-4H3. The molecule has 0 spiro atoms. The van der Waals surface area contributed by atoms with Gasteiger partial charge in [-0.25, -0.2) is 0 Å². The molecule has 0 unspecified atom stereocenters. The van der Waals surface area contributed by atoms with Gasteiger partial charge in [-0.15, -0.1) is 0 Å². The predicted octanol–water partition coefficient (Wildman–Crippen LogP) is 2.57. The Morgan fingerprint density at radius 2 is 2.00 bits per heavy atom. The first kappa shape index (κ1) is 13.3. The van der Waals surface area contributed by atoms with Crippen LogP contribution in [-0.2, 0) is 6.54 Å². The Labute approximate surface area is 98.1 Å². The number of hydrogen-bond acceptors (Lipinski definition) is 3. The molecule has 1 rings (SSSR count). The van der Waals surface area contributed by atoms with Crippen LogP contribution in [0.4, 0.5) is 0 Å². The fourth-order valence-electron chi connectivity index (χ4n) is 1.90. The number of likely N-dealkylation sites (N-methyl/N-ethyl adjacent to an activating group) is 1. The van der Waals surface area contributed by atoms with Gasteiger partial charge < -0.3 is 9.52 Å². The molecule has 0 aliphatic heterocycles. The van der Waals surface area contributed by atoms with Crippen LogP contribution in [0.2, 0.25) is 0 Å². The Balaban J connectivity index is 2.53. The minimum absolute atomic E-state index is 0.563. The molecule has 0 aliphatic carbocycles. The smallest absolute Gasteiger partial charge is 0.105 e. The van der Waals surface area contributed by atoms with Gasteiger partial charge >= 0.3 is 0 Å². The van der Waals surface area contributed by atoms with Crippen molar-refractivity contribution in [1.82, 2.24) is 4.90 Å². The number of rotatable bonds is 6. The molecule has 0 fully saturated rings. The molecule has 0 aromatic carbocycles. The van der Waals surface area contributed by atoms with Crippen LogP contribution < -0.4 is 0 Å². The van der Waals surface area contributed by atoms with Gasteiger partial charge in [0.25, 0.3) is 0 Å². The van der Waals surface area contributed by atoms with Crippen LogP contribution in [0, 0.1) is 6.92 Å². The topological polar surface area (TPSA) is 36.6 Å². The number of aryl methyl sites for hydroxylation is 1. The van der Waals surface area contributed by atoms with E-state index in [1.165, 1.54) is 5.56 Å². The van der Waals surface area contributed by atoms with Crippen LogP contribution in [-0.4, -0.2) is 29.2 Å². The monoisotopic (exact) mass is 225 g/mol. The third-order valence-corrected chi connectivity index (χ3v) is 3.29. The van der Waals surface area contributed by atoms with E-state index < -0.39 is 5.60 Å². The second-order valence-corrected chi connectivity index (χ2v) is 4.61. The van der Waals surface area contributed by atoms with Crippen molar-refractivity contribution >= 4 is 0 Å². The Morgan fingerprint density at radius 1 is 1.38 bits per heavy atom. The zero-order valence-electron chi connectivity index (χ0n) is 10.8. The summed E-state index contributed by atoms with van der Waals surface area (Å²) in [5.41, 5.74) is 0.629. The fraction of sp³-hybridized carbons (Fsp3) is 0.692. The SMILES string of the molecule is CCC(O)(CC)CN(C)Cc1ccoc1C. The van der Waals surface area contributed by atoms with E-state index in [-0.39, 0.29) is 0 Å². The van der Waals surface area contributed by atoms with E-state index in [0.29, 0.717) is 6.54 Å². The zero-order chi connectivity index (χ0) is 12.2. The molecule has 0 amide bonds. The van der Waals surface area contributed by atoms with Gasteiger partial charge in [0.05, 0.1) is 11.9 Å². The van der Waals surface area contributed by atoms with E-state index in [9.17, 15) is 5.11 Å². The van der Waals surface area contributed by atoms with Crippen molar-refractivity contribution in [2.45, 2.75) is 45.8 Å². The third-order valence-electron chi connectivity index (χ3n) is 3.29. The summed E-state index contributed by atoms with van der Waals surface area (Å²) in [7, 11) is 2.03. The highest BCUT2D eigenvalue weighted by Gasteiger charge is 2.24. The summed E-state index contributed by atoms with van der Waals surface area (Å²) in [6, 6.07) is 1.99. The molecular formula is C13H23NO2. The van der Waals surface area contributed by atoms with E-state index in [1.54, 1.807) is 6.26 Å². The Morgan fingerprint density at radius 3 is 2.44 bits per heavy atom. The molecule has 1 aromatic rings. The maximum atomic E-state index is 10.2. The van der Waals surface area contributed by atoms with E-state index >= 15 is 0 Å². The lowest BCUT2D eigenvalue weighted by Gasteiger charge is -2.30. The summed E-state index contributed by atoms with van der Waals surface area (Å²) in [4.78, 5) is 2.14. The van der Waals surface area contributed by atoms with Crippen molar-refractivity contribution in [2.75, 3.05) is 13.6 Å². The summed E-state index contributed by atoms with van der Waals surface area (Å²) in [5, 5.41) is 10.2. The van der Waals surface area contributed by atoms with Gasteiger partial charge in [0.15, 0.2) is 0 Å². The summed E-state index contributed by atoms with van der Waals surface area (Å²) in [6.45, 7) is 7.55. The maximum absolute atomic E-state index is 10.2. The molecule has 1 heterocycles. The zero-order valence-corrected chi connectivity index (χ0v) is 10.8. The molecule has 1 aromatic heterocycles. The van der Waals surface area contributed by atoms with Gasteiger partial charge in [0.1, 0.15) is 5.76 Å². The largest absolute Gasteiger partial charge is 0.469 e. The molecule has 3 nitrogen and oxygen atoms in total. The molecule has 3 heteroatoms.